The second kappa shape index (κ2) is 7.12. The van der Waals surface area contributed by atoms with Gasteiger partial charge in [0.1, 0.15) is 0 Å². The summed E-state index contributed by atoms with van der Waals surface area (Å²) in [6.45, 7) is 2.02. The zero-order valence-electron chi connectivity index (χ0n) is 13.5. The Labute approximate surface area is 140 Å². The molecular weight excluding hydrogens is 310 g/mol. The zero-order chi connectivity index (χ0) is 16.2. The maximum Gasteiger partial charge on any atom is 0.230 e. The number of hydrogen-bond acceptors (Lipinski definition) is 5. The number of hydrogen-bond donors (Lipinski definition) is 1. The van der Waals surface area contributed by atoms with E-state index in [9.17, 15) is 4.79 Å². The maximum atomic E-state index is 12.1. The molecule has 1 aliphatic carbocycles. The highest BCUT2D eigenvalue weighted by Gasteiger charge is 2.15. The van der Waals surface area contributed by atoms with Gasteiger partial charge in [-0.2, -0.15) is 0 Å². The van der Waals surface area contributed by atoms with Gasteiger partial charge in [-0.15, -0.1) is 5.10 Å². The van der Waals surface area contributed by atoms with Crippen LogP contribution in [0.1, 0.15) is 42.5 Å². The van der Waals surface area contributed by atoms with Crippen LogP contribution in [0.25, 0.3) is 0 Å². The predicted molar refractivity (Wildman–Crippen MR) is 89.2 cm³/mol. The van der Waals surface area contributed by atoms with Crippen molar-refractivity contribution >= 4 is 17.7 Å². The fraction of sp³-hybridized carbons (Fsp3) is 0.500. The molecular formula is C16H21N5OS. The summed E-state index contributed by atoms with van der Waals surface area (Å²) in [6, 6.07) is 6.61. The van der Waals surface area contributed by atoms with Crippen LogP contribution in [0.15, 0.2) is 23.4 Å². The van der Waals surface area contributed by atoms with Gasteiger partial charge in [0.15, 0.2) is 0 Å². The van der Waals surface area contributed by atoms with E-state index in [1.54, 1.807) is 11.7 Å². The first-order valence-corrected chi connectivity index (χ1v) is 8.88. The van der Waals surface area contributed by atoms with E-state index in [-0.39, 0.29) is 11.9 Å². The number of nitrogens with one attached hydrogen (secondary N) is 1. The Kier molecular flexibility index (Phi) is 4.95. The number of nitrogens with zero attached hydrogens (tertiary/aromatic N) is 4. The normalized spacial score (nSPS) is 15.0. The van der Waals surface area contributed by atoms with Crippen molar-refractivity contribution in [2.24, 2.45) is 7.05 Å². The summed E-state index contributed by atoms with van der Waals surface area (Å²) >= 11 is 1.34. The summed E-state index contributed by atoms with van der Waals surface area (Å²) in [5, 5.41) is 14.9. The summed E-state index contributed by atoms with van der Waals surface area (Å²) < 4.78 is 1.56. The van der Waals surface area contributed by atoms with Crippen LogP contribution >= 0.6 is 11.8 Å². The number of aromatic nitrogens is 4. The van der Waals surface area contributed by atoms with Crippen LogP contribution in [0, 0.1) is 0 Å². The SMILES string of the molecule is CC(NC(=O)CSc1nnnn1C)c1ccc2c(c1)CCCC2. The molecule has 0 saturated heterocycles. The molecule has 0 spiro atoms. The Morgan fingerprint density at radius 3 is 2.87 bits per heavy atom. The standard InChI is InChI=1S/C16H21N5OS/c1-11(13-8-7-12-5-3-4-6-14(12)9-13)17-15(22)10-23-16-18-19-20-21(16)2/h7-9,11H,3-6,10H2,1-2H3,(H,17,22). The molecule has 2 aromatic rings. The average molecular weight is 331 g/mol. The summed E-state index contributed by atoms with van der Waals surface area (Å²) in [5.41, 5.74) is 4.07. The van der Waals surface area contributed by atoms with Crippen molar-refractivity contribution in [2.45, 2.75) is 43.8 Å². The van der Waals surface area contributed by atoms with Crippen LogP contribution in [0.5, 0.6) is 0 Å². The lowest BCUT2D eigenvalue weighted by Crippen LogP contribution is -2.28. The zero-order valence-corrected chi connectivity index (χ0v) is 14.3. The molecule has 1 heterocycles. The third kappa shape index (κ3) is 3.90. The van der Waals surface area contributed by atoms with Crippen molar-refractivity contribution in [3.05, 3.63) is 34.9 Å². The first kappa shape index (κ1) is 16.0. The third-order valence-corrected chi connectivity index (χ3v) is 5.17. The first-order valence-electron chi connectivity index (χ1n) is 7.89. The molecule has 0 radical (unpaired) electrons. The van der Waals surface area contributed by atoms with E-state index in [2.05, 4.69) is 39.0 Å². The summed E-state index contributed by atoms with van der Waals surface area (Å²) in [5.74, 6) is 0.298. The van der Waals surface area contributed by atoms with Gasteiger partial charge >= 0.3 is 0 Å². The molecule has 1 atom stereocenters. The molecule has 0 aliphatic heterocycles. The number of fused-ring (bicyclic) bond motifs is 1. The molecule has 1 aliphatic rings. The summed E-state index contributed by atoms with van der Waals surface area (Å²) in [7, 11) is 1.76. The van der Waals surface area contributed by atoms with Crippen LogP contribution < -0.4 is 5.32 Å². The van der Waals surface area contributed by atoms with Crippen LogP contribution in [0.2, 0.25) is 0 Å². The smallest absolute Gasteiger partial charge is 0.230 e. The molecule has 7 heteroatoms. The van der Waals surface area contributed by atoms with Crippen molar-refractivity contribution in [1.29, 1.82) is 0 Å². The lowest BCUT2D eigenvalue weighted by molar-refractivity contribution is -0.119. The molecule has 1 N–H and O–H groups in total. The lowest BCUT2D eigenvalue weighted by Gasteiger charge is -2.20. The highest BCUT2D eigenvalue weighted by molar-refractivity contribution is 7.99. The van der Waals surface area contributed by atoms with Crippen molar-refractivity contribution < 1.29 is 4.79 Å². The summed E-state index contributed by atoms with van der Waals surface area (Å²) in [4.78, 5) is 12.1. The fourth-order valence-electron chi connectivity index (χ4n) is 2.86. The van der Waals surface area contributed by atoms with Crippen LogP contribution in [0.4, 0.5) is 0 Å². The van der Waals surface area contributed by atoms with Gasteiger partial charge in [0.05, 0.1) is 11.8 Å². The Bertz CT molecular complexity index is 700. The van der Waals surface area contributed by atoms with E-state index >= 15 is 0 Å². The van der Waals surface area contributed by atoms with E-state index in [4.69, 9.17) is 0 Å². The minimum absolute atomic E-state index is 0.00736. The van der Waals surface area contributed by atoms with E-state index < -0.39 is 0 Å². The minimum atomic E-state index is -0.0109. The quantitative estimate of drug-likeness (QED) is 0.849. The molecule has 1 unspecified atom stereocenters. The molecule has 122 valence electrons. The van der Waals surface area contributed by atoms with Gasteiger partial charge in [0, 0.05) is 7.05 Å². The topological polar surface area (TPSA) is 72.7 Å². The van der Waals surface area contributed by atoms with Gasteiger partial charge < -0.3 is 5.32 Å². The van der Waals surface area contributed by atoms with Gasteiger partial charge in [0.2, 0.25) is 11.1 Å². The maximum absolute atomic E-state index is 12.1. The highest BCUT2D eigenvalue weighted by Crippen LogP contribution is 2.25. The monoisotopic (exact) mass is 331 g/mol. The van der Waals surface area contributed by atoms with Gasteiger partial charge in [-0.25, -0.2) is 4.68 Å². The van der Waals surface area contributed by atoms with E-state index in [1.165, 1.54) is 47.7 Å². The average Bonchev–Trinajstić information content (AvgIpc) is 2.97. The van der Waals surface area contributed by atoms with E-state index in [0.717, 1.165) is 6.42 Å². The second-order valence-corrected chi connectivity index (χ2v) is 6.84. The molecule has 0 fully saturated rings. The van der Waals surface area contributed by atoms with Crippen molar-refractivity contribution in [3.8, 4) is 0 Å². The number of thioether (sulfide) groups is 1. The number of benzene rings is 1. The number of rotatable bonds is 5. The highest BCUT2D eigenvalue weighted by atomic mass is 32.2. The Balaban J connectivity index is 1.57. The number of carbonyl (C=O) groups excluding carboxylic acids is 1. The van der Waals surface area contributed by atoms with Gasteiger partial charge in [-0.3, -0.25) is 4.79 Å². The molecule has 1 aromatic heterocycles. The Morgan fingerprint density at radius 1 is 1.35 bits per heavy atom. The number of carbonyl (C=O) groups is 1. The van der Waals surface area contributed by atoms with Crippen molar-refractivity contribution in [2.75, 3.05) is 5.75 Å². The summed E-state index contributed by atoms with van der Waals surface area (Å²) in [6.07, 6.45) is 4.88. The molecule has 1 amide bonds. The van der Waals surface area contributed by atoms with E-state index in [0.29, 0.717) is 10.9 Å². The fourth-order valence-corrected chi connectivity index (χ4v) is 3.52. The van der Waals surface area contributed by atoms with Crippen LogP contribution in [-0.4, -0.2) is 31.9 Å². The Morgan fingerprint density at radius 2 is 2.13 bits per heavy atom. The van der Waals surface area contributed by atoms with Crippen molar-refractivity contribution in [3.63, 3.8) is 0 Å². The lowest BCUT2D eigenvalue weighted by atomic mass is 9.89. The third-order valence-electron chi connectivity index (χ3n) is 4.16. The first-order chi connectivity index (χ1) is 11.1. The molecule has 6 nitrogen and oxygen atoms in total. The largest absolute Gasteiger partial charge is 0.349 e. The van der Waals surface area contributed by atoms with Gasteiger partial charge in [-0.05, 0) is 59.7 Å². The van der Waals surface area contributed by atoms with E-state index in [1.807, 2.05) is 6.92 Å². The Hall–Kier alpha value is -1.89. The van der Waals surface area contributed by atoms with Gasteiger partial charge in [0.25, 0.3) is 0 Å². The molecule has 0 bridgehead atoms. The number of amides is 1. The van der Waals surface area contributed by atoms with Gasteiger partial charge in [-0.1, -0.05) is 30.0 Å². The molecule has 0 saturated carbocycles. The number of aryl methyl sites for hydroxylation is 3. The van der Waals surface area contributed by atoms with Crippen molar-refractivity contribution in [1.82, 2.24) is 25.5 Å². The minimum Gasteiger partial charge on any atom is -0.349 e. The predicted octanol–water partition coefficient (Wildman–Crippen LogP) is 2.06. The molecule has 3 rings (SSSR count). The second-order valence-electron chi connectivity index (χ2n) is 5.90. The van der Waals surface area contributed by atoms with Crippen LogP contribution in [-0.2, 0) is 24.7 Å². The number of tetrazole rings is 1. The molecule has 23 heavy (non-hydrogen) atoms. The molecule has 1 aromatic carbocycles. The van der Waals surface area contributed by atoms with Crippen LogP contribution in [0.3, 0.4) is 0 Å².